The maximum atomic E-state index is 12.9. The molecule has 0 fully saturated rings. The molecule has 2 aromatic carbocycles. The first-order valence-corrected chi connectivity index (χ1v) is 6.18. The number of rotatable bonds is 2. The van der Waals surface area contributed by atoms with Crippen molar-refractivity contribution in [2.45, 2.75) is 0 Å². The van der Waals surface area contributed by atoms with Crippen LogP contribution in [-0.4, -0.2) is 9.78 Å². The van der Waals surface area contributed by atoms with E-state index in [-0.39, 0.29) is 5.82 Å². The maximum Gasteiger partial charge on any atom is 0.123 e. The fourth-order valence-corrected chi connectivity index (χ4v) is 2.09. The van der Waals surface area contributed by atoms with E-state index in [1.54, 1.807) is 16.8 Å². The van der Waals surface area contributed by atoms with Crippen LogP contribution in [0.5, 0.6) is 0 Å². The summed E-state index contributed by atoms with van der Waals surface area (Å²) in [6.45, 7) is 0. The van der Waals surface area contributed by atoms with Gasteiger partial charge in [0.15, 0.2) is 0 Å². The van der Waals surface area contributed by atoms with Crippen LogP contribution in [0.2, 0.25) is 5.02 Å². The lowest BCUT2D eigenvalue weighted by Gasteiger charge is -2.03. The summed E-state index contributed by atoms with van der Waals surface area (Å²) in [7, 11) is 0. The van der Waals surface area contributed by atoms with Gasteiger partial charge in [-0.1, -0.05) is 23.7 Å². The smallest absolute Gasteiger partial charge is 0.123 e. The predicted octanol–water partition coefficient (Wildman–Crippen LogP) is 4.33. The van der Waals surface area contributed by atoms with Gasteiger partial charge in [-0.2, -0.15) is 5.10 Å². The van der Waals surface area contributed by atoms with Crippen molar-refractivity contribution >= 4 is 11.6 Å². The molecule has 19 heavy (non-hydrogen) atoms. The molecule has 0 aliphatic carbocycles. The average Bonchev–Trinajstić information content (AvgIpc) is 2.89. The van der Waals surface area contributed by atoms with Crippen LogP contribution < -0.4 is 0 Å². The van der Waals surface area contributed by atoms with Crippen molar-refractivity contribution in [1.82, 2.24) is 9.78 Å². The van der Waals surface area contributed by atoms with Gasteiger partial charge in [0.2, 0.25) is 0 Å². The second-order valence-electron chi connectivity index (χ2n) is 4.10. The molecular weight excluding hydrogens is 263 g/mol. The number of hydrogen-bond acceptors (Lipinski definition) is 1. The number of aromatic nitrogens is 2. The third-order valence-electron chi connectivity index (χ3n) is 2.83. The third-order valence-corrected chi connectivity index (χ3v) is 3.15. The summed E-state index contributed by atoms with van der Waals surface area (Å²) < 4.78 is 14.6. The van der Waals surface area contributed by atoms with Gasteiger partial charge in [0, 0.05) is 11.8 Å². The topological polar surface area (TPSA) is 17.8 Å². The summed E-state index contributed by atoms with van der Waals surface area (Å²) >= 11 is 6.12. The molecule has 2 nitrogen and oxygen atoms in total. The third kappa shape index (κ3) is 2.37. The summed E-state index contributed by atoms with van der Waals surface area (Å²) in [5, 5.41) is 5.09. The zero-order chi connectivity index (χ0) is 13.2. The lowest BCUT2D eigenvalue weighted by Crippen LogP contribution is -1.95. The molecule has 1 aromatic heterocycles. The number of benzene rings is 2. The van der Waals surface area contributed by atoms with Crippen LogP contribution in [0.15, 0.2) is 60.8 Å². The molecule has 0 unspecified atom stereocenters. The van der Waals surface area contributed by atoms with Crippen LogP contribution in [-0.2, 0) is 0 Å². The Morgan fingerprint density at radius 1 is 0.947 bits per heavy atom. The first-order chi connectivity index (χ1) is 9.24. The molecule has 0 aliphatic heterocycles. The Bertz CT molecular complexity index is 704. The van der Waals surface area contributed by atoms with Gasteiger partial charge in [0.25, 0.3) is 0 Å². The fraction of sp³-hybridized carbons (Fsp3) is 0. The second kappa shape index (κ2) is 4.86. The van der Waals surface area contributed by atoms with Crippen molar-refractivity contribution in [2.75, 3.05) is 0 Å². The van der Waals surface area contributed by atoms with Crippen molar-refractivity contribution in [3.63, 3.8) is 0 Å². The van der Waals surface area contributed by atoms with Crippen LogP contribution in [0.1, 0.15) is 0 Å². The zero-order valence-corrected chi connectivity index (χ0v) is 10.7. The molecule has 0 radical (unpaired) electrons. The number of halogens is 2. The van der Waals surface area contributed by atoms with E-state index >= 15 is 0 Å². The number of para-hydroxylation sites is 1. The van der Waals surface area contributed by atoms with Gasteiger partial charge in [-0.05, 0) is 42.5 Å². The molecule has 0 amide bonds. The van der Waals surface area contributed by atoms with Crippen LogP contribution in [0.4, 0.5) is 4.39 Å². The van der Waals surface area contributed by atoms with Crippen molar-refractivity contribution in [2.24, 2.45) is 0 Å². The first-order valence-electron chi connectivity index (χ1n) is 5.80. The van der Waals surface area contributed by atoms with Crippen molar-refractivity contribution in [3.8, 4) is 16.9 Å². The van der Waals surface area contributed by atoms with Crippen molar-refractivity contribution in [3.05, 3.63) is 71.6 Å². The largest absolute Gasteiger partial charge is 0.239 e. The minimum Gasteiger partial charge on any atom is -0.239 e. The van der Waals surface area contributed by atoms with Gasteiger partial charge in [-0.25, -0.2) is 9.07 Å². The maximum absolute atomic E-state index is 12.9. The molecule has 0 saturated carbocycles. The van der Waals surface area contributed by atoms with Crippen LogP contribution in [0, 0.1) is 5.82 Å². The zero-order valence-electron chi connectivity index (χ0n) is 9.92. The Kier molecular flexibility index (Phi) is 3.05. The first kappa shape index (κ1) is 11.9. The van der Waals surface area contributed by atoms with Gasteiger partial charge in [0.05, 0.1) is 16.4 Å². The highest BCUT2D eigenvalue weighted by molar-refractivity contribution is 6.32. The summed E-state index contributed by atoms with van der Waals surface area (Å²) in [5.41, 5.74) is 2.46. The van der Waals surface area contributed by atoms with E-state index in [9.17, 15) is 4.39 Å². The van der Waals surface area contributed by atoms with Crippen LogP contribution in [0.25, 0.3) is 16.9 Å². The summed E-state index contributed by atoms with van der Waals surface area (Å²) in [4.78, 5) is 0. The summed E-state index contributed by atoms with van der Waals surface area (Å²) in [5.74, 6) is -0.255. The van der Waals surface area contributed by atoms with E-state index in [4.69, 9.17) is 11.6 Å². The van der Waals surface area contributed by atoms with Gasteiger partial charge in [-0.3, -0.25) is 0 Å². The molecule has 0 aliphatic rings. The number of nitrogens with zero attached hydrogens (tertiary/aromatic N) is 2. The van der Waals surface area contributed by atoms with E-state index in [0.717, 1.165) is 16.9 Å². The van der Waals surface area contributed by atoms with Crippen LogP contribution in [0.3, 0.4) is 0 Å². The lowest BCUT2D eigenvalue weighted by atomic mass is 10.1. The Morgan fingerprint density at radius 3 is 2.42 bits per heavy atom. The monoisotopic (exact) mass is 272 g/mol. The fourth-order valence-electron chi connectivity index (χ4n) is 1.87. The predicted molar refractivity (Wildman–Crippen MR) is 74.0 cm³/mol. The number of hydrogen-bond donors (Lipinski definition) is 0. The Labute approximate surface area is 115 Å². The lowest BCUT2D eigenvalue weighted by molar-refractivity contribution is 0.628. The second-order valence-corrected chi connectivity index (χ2v) is 4.51. The highest BCUT2D eigenvalue weighted by Crippen LogP contribution is 2.22. The average molecular weight is 273 g/mol. The molecule has 94 valence electrons. The van der Waals surface area contributed by atoms with E-state index in [1.807, 2.05) is 36.5 Å². The Morgan fingerprint density at radius 2 is 1.68 bits per heavy atom. The van der Waals surface area contributed by atoms with E-state index in [0.29, 0.717) is 5.02 Å². The SMILES string of the molecule is Fc1ccc(-c2ccn(-c3ccccc3Cl)n2)cc1. The molecule has 0 saturated heterocycles. The minimum absolute atomic E-state index is 0.255. The van der Waals surface area contributed by atoms with Crippen molar-refractivity contribution in [1.29, 1.82) is 0 Å². The molecule has 3 aromatic rings. The summed E-state index contributed by atoms with van der Waals surface area (Å²) in [6, 6.07) is 15.6. The molecule has 4 heteroatoms. The van der Waals surface area contributed by atoms with Gasteiger partial charge >= 0.3 is 0 Å². The minimum atomic E-state index is -0.255. The van der Waals surface area contributed by atoms with Crippen molar-refractivity contribution < 1.29 is 4.39 Å². The molecular formula is C15H10ClFN2. The van der Waals surface area contributed by atoms with Crippen LogP contribution >= 0.6 is 11.6 Å². The molecule has 0 atom stereocenters. The standard InChI is InChI=1S/C15H10ClFN2/c16-13-3-1-2-4-15(13)19-10-9-14(18-19)11-5-7-12(17)8-6-11/h1-10H. The highest BCUT2D eigenvalue weighted by atomic mass is 35.5. The molecule has 0 spiro atoms. The normalized spacial score (nSPS) is 10.6. The Balaban J connectivity index is 2.00. The van der Waals surface area contributed by atoms with Gasteiger partial charge < -0.3 is 0 Å². The quantitative estimate of drug-likeness (QED) is 0.679. The molecule has 3 rings (SSSR count). The van der Waals surface area contributed by atoms with E-state index < -0.39 is 0 Å². The van der Waals surface area contributed by atoms with Gasteiger partial charge in [0.1, 0.15) is 5.82 Å². The highest BCUT2D eigenvalue weighted by Gasteiger charge is 2.06. The summed E-state index contributed by atoms with van der Waals surface area (Å²) in [6.07, 6.45) is 1.83. The van der Waals surface area contributed by atoms with Gasteiger partial charge in [-0.15, -0.1) is 0 Å². The molecule has 0 N–H and O–H groups in total. The Hall–Kier alpha value is -2.13. The van der Waals surface area contributed by atoms with E-state index in [2.05, 4.69) is 5.10 Å². The molecule has 1 heterocycles. The molecule has 0 bridgehead atoms. The van der Waals surface area contributed by atoms with E-state index in [1.165, 1.54) is 12.1 Å².